The van der Waals surface area contributed by atoms with Gasteiger partial charge in [0.2, 0.25) is 0 Å². The maximum Gasteiger partial charge on any atom is 0.0978 e. The number of fused-ring (bicyclic) bond motifs is 12. The molecule has 18 rings (SSSR count). The highest BCUT2D eigenvalue weighted by Gasteiger charge is 2.18. The molecule has 0 spiro atoms. The molecule has 0 bridgehead atoms. The van der Waals surface area contributed by atoms with E-state index in [9.17, 15) is 0 Å². The second-order valence-corrected chi connectivity index (χ2v) is 22.3. The molecule has 0 amide bonds. The molecule has 10 heterocycles. The van der Waals surface area contributed by atoms with E-state index in [-0.39, 0.29) is 0 Å². The Kier molecular flexibility index (Phi) is 12.6. The zero-order chi connectivity index (χ0) is 59.5. The Morgan fingerprint density at radius 3 is 1.30 bits per heavy atom. The van der Waals surface area contributed by atoms with Crippen LogP contribution in [-0.2, 0) is 0 Å². The van der Waals surface area contributed by atoms with E-state index in [1.165, 1.54) is 0 Å². The molecule has 18 aromatic rings. The zero-order valence-electron chi connectivity index (χ0n) is 48.2. The largest absolute Gasteiger partial charge is 0.265 e. The monoisotopic (exact) mass is 1150 g/mol. The molecule has 10 aromatic heterocycles. The fourth-order valence-electron chi connectivity index (χ4n) is 12.7. The number of para-hydroxylation sites is 2. The van der Waals surface area contributed by atoms with E-state index in [2.05, 4.69) is 225 Å². The van der Waals surface area contributed by atoms with Gasteiger partial charge in [0.15, 0.2) is 0 Å². The SMILES string of the molecule is c1ccc(-c2ccc3ccc(-c4ccc(-c5ccc6ccc7c(-c8ccncc8)c8ccccc8nc7c6n5)cc4)cc3n2)nc1.c1cnc2c(c1)cc(-c1ccc(-c3ccc4ccc5c(-c6ccncc6)c6ccccc6nc5c4n3)cc1)c1cccnc12. The van der Waals surface area contributed by atoms with Gasteiger partial charge in [0, 0.05) is 114 Å². The molecule has 8 aromatic carbocycles. The third kappa shape index (κ3) is 9.22. The Hall–Kier alpha value is -12.4. The highest BCUT2D eigenvalue weighted by molar-refractivity contribution is 6.18. The van der Waals surface area contributed by atoms with Crippen molar-refractivity contribution in [3.05, 3.63) is 292 Å². The van der Waals surface area contributed by atoms with Gasteiger partial charge in [0.1, 0.15) is 0 Å². The smallest absolute Gasteiger partial charge is 0.0978 e. The van der Waals surface area contributed by atoms with E-state index >= 15 is 0 Å². The van der Waals surface area contributed by atoms with Crippen LogP contribution in [-0.4, -0.2) is 49.8 Å². The lowest BCUT2D eigenvalue weighted by molar-refractivity contribution is 1.28. The van der Waals surface area contributed by atoms with E-state index < -0.39 is 0 Å². The molecule has 0 saturated carbocycles. The molecule has 0 aliphatic carbocycles. The van der Waals surface area contributed by atoms with Gasteiger partial charge in [-0.05, 0) is 124 Å². The molecule has 0 unspecified atom stereocenters. The Morgan fingerprint density at radius 1 is 0.200 bits per heavy atom. The van der Waals surface area contributed by atoms with Crippen LogP contribution in [0.2, 0.25) is 0 Å². The van der Waals surface area contributed by atoms with Gasteiger partial charge in [0.25, 0.3) is 0 Å². The van der Waals surface area contributed by atoms with Crippen LogP contribution in [0, 0.1) is 0 Å². The molecule has 0 radical (unpaired) electrons. The Bertz CT molecular complexity index is 5830. The molecule has 0 aliphatic heterocycles. The summed E-state index contributed by atoms with van der Waals surface area (Å²) >= 11 is 0. The number of hydrogen-bond donors (Lipinski definition) is 0. The van der Waals surface area contributed by atoms with Gasteiger partial charge < -0.3 is 0 Å². The topological polar surface area (TPSA) is 129 Å². The quantitative estimate of drug-likeness (QED) is 0.112. The number of benzene rings is 8. The van der Waals surface area contributed by atoms with Crippen LogP contribution in [0.4, 0.5) is 0 Å². The Morgan fingerprint density at radius 2 is 0.689 bits per heavy atom. The van der Waals surface area contributed by atoms with Crippen LogP contribution < -0.4 is 0 Å². The van der Waals surface area contributed by atoms with Gasteiger partial charge in [-0.2, -0.15) is 0 Å². The van der Waals surface area contributed by atoms with Crippen molar-refractivity contribution in [1.29, 1.82) is 0 Å². The predicted molar refractivity (Wildman–Crippen MR) is 366 cm³/mol. The summed E-state index contributed by atoms with van der Waals surface area (Å²) in [6.45, 7) is 0. The van der Waals surface area contributed by atoms with E-state index in [0.717, 1.165) is 177 Å². The van der Waals surface area contributed by atoms with Crippen LogP contribution in [0.25, 0.3) is 177 Å². The second-order valence-electron chi connectivity index (χ2n) is 22.3. The molecule has 418 valence electrons. The summed E-state index contributed by atoms with van der Waals surface area (Å²) in [5.41, 5.74) is 22.9. The van der Waals surface area contributed by atoms with Crippen molar-refractivity contribution >= 4 is 98.1 Å². The lowest BCUT2D eigenvalue weighted by atomic mass is 9.95. The minimum atomic E-state index is 0.867. The molecule has 10 heteroatoms. The summed E-state index contributed by atoms with van der Waals surface area (Å²) in [5.74, 6) is 0. The number of aromatic nitrogens is 10. The molecular weight excluding hydrogens is 1100 g/mol. The molecular formula is C80H48N10. The van der Waals surface area contributed by atoms with Crippen molar-refractivity contribution in [3.8, 4) is 78.4 Å². The standard InChI is InChI=1S/C41H25N5.C39H23N5/c1-2-6-35-32(5-1)39(29-20-23-42-24-21-29)33-17-14-30-16-18-34(45-40(30)41(33)46-35)27-10-8-26(9-11-27)31-13-12-28-15-19-37(44-38(28)25-31)36-7-3-4-22-43-36;1-2-8-34-30(6-1)35(26-17-21-40-22-18-26)31-15-13-27-14-16-33(43-37(27)39(31)44-34)25-11-9-24(10-12-25)32-23-28-5-3-19-41-36(28)38-29(32)7-4-20-42-38/h1-25H;1-23H. The number of nitrogens with zero attached hydrogens (tertiary/aromatic N) is 10. The van der Waals surface area contributed by atoms with Crippen LogP contribution >= 0.6 is 0 Å². The molecule has 0 atom stereocenters. The van der Waals surface area contributed by atoms with E-state index in [1.807, 2.05) is 85.7 Å². The van der Waals surface area contributed by atoms with Crippen molar-refractivity contribution in [2.45, 2.75) is 0 Å². The number of rotatable bonds is 7. The highest BCUT2D eigenvalue weighted by Crippen LogP contribution is 2.41. The highest BCUT2D eigenvalue weighted by atomic mass is 14.8. The third-order valence-corrected chi connectivity index (χ3v) is 17.0. The predicted octanol–water partition coefficient (Wildman–Crippen LogP) is 19.4. The first-order chi connectivity index (χ1) is 44.6. The van der Waals surface area contributed by atoms with Crippen molar-refractivity contribution < 1.29 is 0 Å². The van der Waals surface area contributed by atoms with Crippen molar-refractivity contribution in [1.82, 2.24) is 49.8 Å². The summed E-state index contributed by atoms with van der Waals surface area (Å²) < 4.78 is 0. The Labute approximate surface area is 515 Å². The third-order valence-electron chi connectivity index (χ3n) is 17.0. The summed E-state index contributed by atoms with van der Waals surface area (Å²) in [7, 11) is 0. The summed E-state index contributed by atoms with van der Waals surface area (Å²) in [6.07, 6.45) is 12.8. The average Bonchev–Trinajstić information content (AvgIpc) is 0.801. The number of hydrogen-bond acceptors (Lipinski definition) is 10. The van der Waals surface area contributed by atoms with E-state index in [4.69, 9.17) is 24.9 Å². The van der Waals surface area contributed by atoms with Crippen LogP contribution in [0.15, 0.2) is 292 Å². The lowest BCUT2D eigenvalue weighted by Crippen LogP contribution is -1.93. The van der Waals surface area contributed by atoms with Crippen LogP contribution in [0.5, 0.6) is 0 Å². The fourth-order valence-corrected chi connectivity index (χ4v) is 12.7. The van der Waals surface area contributed by atoms with Gasteiger partial charge in [-0.3, -0.25) is 24.9 Å². The van der Waals surface area contributed by atoms with E-state index in [1.54, 1.807) is 6.20 Å². The van der Waals surface area contributed by atoms with Crippen molar-refractivity contribution in [2.75, 3.05) is 0 Å². The Balaban J connectivity index is 0.000000139. The van der Waals surface area contributed by atoms with Gasteiger partial charge in [-0.15, -0.1) is 0 Å². The van der Waals surface area contributed by atoms with Gasteiger partial charge in [-0.1, -0.05) is 158 Å². The molecule has 10 nitrogen and oxygen atoms in total. The summed E-state index contributed by atoms with van der Waals surface area (Å²) in [6, 6.07) is 86.0. The van der Waals surface area contributed by atoms with Crippen LogP contribution in [0.3, 0.4) is 0 Å². The van der Waals surface area contributed by atoms with Crippen molar-refractivity contribution in [2.24, 2.45) is 0 Å². The molecule has 0 fully saturated rings. The minimum Gasteiger partial charge on any atom is -0.265 e. The van der Waals surface area contributed by atoms with Crippen molar-refractivity contribution in [3.63, 3.8) is 0 Å². The van der Waals surface area contributed by atoms with Gasteiger partial charge in [0.05, 0.1) is 72.4 Å². The van der Waals surface area contributed by atoms with Crippen LogP contribution in [0.1, 0.15) is 0 Å². The molecule has 0 N–H and O–H groups in total. The number of pyridine rings is 10. The lowest BCUT2D eigenvalue weighted by Gasteiger charge is -2.13. The normalized spacial score (nSPS) is 11.6. The maximum absolute atomic E-state index is 5.22. The molecule has 0 aliphatic rings. The summed E-state index contributed by atoms with van der Waals surface area (Å²) in [5, 5.41) is 9.77. The van der Waals surface area contributed by atoms with Gasteiger partial charge >= 0.3 is 0 Å². The average molecular weight is 1150 g/mol. The van der Waals surface area contributed by atoms with Gasteiger partial charge in [-0.25, -0.2) is 24.9 Å². The molecule has 0 saturated heterocycles. The first-order valence-corrected chi connectivity index (χ1v) is 29.8. The van der Waals surface area contributed by atoms with E-state index in [0.29, 0.717) is 0 Å². The first kappa shape index (κ1) is 52.0. The fraction of sp³-hybridized carbons (Fsp3) is 0. The maximum atomic E-state index is 5.22. The zero-order valence-corrected chi connectivity index (χ0v) is 48.2. The summed E-state index contributed by atoms with van der Waals surface area (Å²) in [4.78, 5) is 47.9. The molecule has 90 heavy (non-hydrogen) atoms. The first-order valence-electron chi connectivity index (χ1n) is 29.8. The minimum absolute atomic E-state index is 0.867. The second kappa shape index (κ2) is 21.8.